The maximum Gasteiger partial charge on any atom is 0.253 e. The van der Waals surface area contributed by atoms with E-state index in [1.54, 1.807) is 24.3 Å². The van der Waals surface area contributed by atoms with Crippen LogP contribution in [-0.4, -0.2) is 42.1 Å². The molecule has 0 atom stereocenters. The number of hydrogen-bond donors (Lipinski definition) is 1. The van der Waals surface area contributed by atoms with Crippen LogP contribution in [0, 0.1) is 0 Å². The molecule has 0 saturated carbocycles. The largest absolute Gasteiger partial charge is 0.508 e. The Bertz CT molecular complexity index is 913. The first kappa shape index (κ1) is 18.1. The summed E-state index contributed by atoms with van der Waals surface area (Å²) in [6.07, 6.45) is 0.941. The van der Waals surface area contributed by atoms with Crippen LogP contribution in [0.3, 0.4) is 0 Å². The third-order valence-electron chi connectivity index (χ3n) is 5.23. The maximum absolute atomic E-state index is 12.6. The number of phenolic OH excluding ortho intramolecular Hbond substituents is 1. The fraction of sp³-hybridized carbons (Fsp3) is 0.208. The molecule has 1 aliphatic heterocycles. The number of benzene rings is 3. The predicted molar refractivity (Wildman–Crippen MR) is 112 cm³/mol. The monoisotopic (exact) mass is 372 g/mol. The van der Waals surface area contributed by atoms with Crippen LogP contribution in [0.1, 0.15) is 21.5 Å². The molecule has 1 saturated heterocycles. The Kier molecular flexibility index (Phi) is 5.29. The van der Waals surface area contributed by atoms with Crippen molar-refractivity contribution < 1.29 is 9.90 Å². The number of amides is 1. The van der Waals surface area contributed by atoms with Gasteiger partial charge in [0.25, 0.3) is 5.91 Å². The number of aromatic hydroxyl groups is 1. The van der Waals surface area contributed by atoms with Gasteiger partial charge in [-0.3, -0.25) is 4.79 Å². The highest BCUT2D eigenvalue weighted by atomic mass is 16.3. The lowest BCUT2D eigenvalue weighted by atomic mass is 10.0. The SMILES string of the molecule is O=C(c1ccc(O)cc1)N1CCN(c2ccc(Cc3ccccc3)cc2)CC1. The first-order valence-electron chi connectivity index (χ1n) is 9.65. The Labute approximate surface area is 165 Å². The molecule has 4 heteroatoms. The van der Waals surface area contributed by atoms with Crippen molar-refractivity contribution >= 4 is 11.6 Å². The Hall–Kier alpha value is -3.27. The number of phenols is 1. The lowest BCUT2D eigenvalue weighted by molar-refractivity contribution is 0.0747. The van der Waals surface area contributed by atoms with E-state index in [0.29, 0.717) is 18.7 Å². The fourth-order valence-corrected chi connectivity index (χ4v) is 3.61. The van der Waals surface area contributed by atoms with Crippen molar-refractivity contribution in [3.8, 4) is 5.75 Å². The van der Waals surface area contributed by atoms with Gasteiger partial charge in [0.2, 0.25) is 0 Å². The summed E-state index contributed by atoms with van der Waals surface area (Å²) in [7, 11) is 0. The van der Waals surface area contributed by atoms with E-state index in [1.165, 1.54) is 16.8 Å². The highest BCUT2D eigenvalue weighted by Crippen LogP contribution is 2.20. The Balaban J connectivity index is 1.34. The number of rotatable bonds is 4. The van der Waals surface area contributed by atoms with Gasteiger partial charge in [-0.25, -0.2) is 0 Å². The van der Waals surface area contributed by atoms with Gasteiger partial charge in [-0.15, -0.1) is 0 Å². The standard InChI is InChI=1S/C24H24N2O2/c27-23-12-8-21(9-13-23)24(28)26-16-14-25(15-17-26)22-10-6-20(7-11-22)18-19-4-2-1-3-5-19/h1-13,27H,14-18H2. The topological polar surface area (TPSA) is 43.8 Å². The summed E-state index contributed by atoms with van der Waals surface area (Å²) in [6, 6.07) is 25.7. The van der Waals surface area contributed by atoms with Crippen molar-refractivity contribution in [3.63, 3.8) is 0 Å². The van der Waals surface area contributed by atoms with E-state index in [4.69, 9.17) is 0 Å². The van der Waals surface area contributed by atoms with Gasteiger partial charge in [-0.2, -0.15) is 0 Å². The second-order valence-electron chi connectivity index (χ2n) is 7.15. The zero-order valence-electron chi connectivity index (χ0n) is 15.8. The zero-order valence-corrected chi connectivity index (χ0v) is 15.8. The average Bonchev–Trinajstić information content (AvgIpc) is 2.75. The van der Waals surface area contributed by atoms with Crippen LogP contribution in [0.25, 0.3) is 0 Å². The van der Waals surface area contributed by atoms with Crippen LogP contribution in [-0.2, 0) is 6.42 Å². The molecule has 4 rings (SSSR count). The van der Waals surface area contributed by atoms with Gasteiger partial charge < -0.3 is 14.9 Å². The van der Waals surface area contributed by atoms with Crippen LogP contribution in [0.4, 0.5) is 5.69 Å². The fourth-order valence-electron chi connectivity index (χ4n) is 3.61. The van der Waals surface area contributed by atoms with Crippen molar-refractivity contribution in [2.75, 3.05) is 31.1 Å². The molecule has 1 aliphatic rings. The Morgan fingerprint density at radius 3 is 2.00 bits per heavy atom. The minimum absolute atomic E-state index is 0.0258. The third-order valence-corrected chi connectivity index (χ3v) is 5.23. The van der Waals surface area contributed by atoms with Crippen LogP contribution < -0.4 is 4.90 Å². The Morgan fingerprint density at radius 1 is 0.750 bits per heavy atom. The van der Waals surface area contributed by atoms with E-state index in [0.717, 1.165) is 19.5 Å². The molecule has 3 aromatic rings. The summed E-state index contributed by atoms with van der Waals surface area (Å²) in [6.45, 7) is 3.04. The molecule has 0 spiro atoms. The van der Waals surface area contributed by atoms with E-state index in [9.17, 15) is 9.90 Å². The molecule has 3 aromatic carbocycles. The van der Waals surface area contributed by atoms with E-state index in [-0.39, 0.29) is 11.7 Å². The molecule has 0 aliphatic carbocycles. The molecule has 1 heterocycles. The van der Waals surface area contributed by atoms with Gasteiger partial charge in [0.1, 0.15) is 5.75 Å². The van der Waals surface area contributed by atoms with Crippen molar-refractivity contribution in [3.05, 3.63) is 95.6 Å². The maximum atomic E-state index is 12.6. The molecule has 0 bridgehead atoms. The second-order valence-corrected chi connectivity index (χ2v) is 7.15. The summed E-state index contributed by atoms with van der Waals surface area (Å²) in [5, 5.41) is 9.38. The highest BCUT2D eigenvalue weighted by Gasteiger charge is 2.22. The van der Waals surface area contributed by atoms with Gasteiger partial charge in [0.15, 0.2) is 0 Å². The zero-order chi connectivity index (χ0) is 19.3. The molecule has 1 N–H and O–H groups in total. The number of nitrogens with zero attached hydrogens (tertiary/aromatic N) is 2. The molecular weight excluding hydrogens is 348 g/mol. The quantitative estimate of drug-likeness (QED) is 0.754. The molecule has 142 valence electrons. The number of hydrogen-bond acceptors (Lipinski definition) is 3. The predicted octanol–water partition coefficient (Wildman–Crippen LogP) is 3.95. The smallest absolute Gasteiger partial charge is 0.253 e. The van der Waals surface area contributed by atoms with Gasteiger partial charge in [0, 0.05) is 37.4 Å². The number of piperazine rings is 1. The van der Waals surface area contributed by atoms with Gasteiger partial charge in [0.05, 0.1) is 0 Å². The van der Waals surface area contributed by atoms with E-state index < -0.39 is 0 Å². The van der Waals surface area contributed by atoms with Crippen molar-refractivity contribution in [2.24, 2.45) is 0 Å². The van der Waals surface area contributed by atoms with Gasteiger partial charge in [-0.05, 0) is 53.9 Å². The first-order valence-corrected chi connectivity index (χ1v) is 9.65. The van der Waals surface area contributed by atoms with Crippen molar-refractivity contribution in [1.82, 2.24) is 4.90 Å². The summed E-state index contributed by atoms with van der Waals surface area (Å²) < 4.78 is 0. The van der Waals surface area contributed by atoms with Crippen LogP contribution in [0.2, 0.25) is 0 Å². The Morgan fingerprint density at radius 2 is 1.36 bits per heavy atom. The molecule has 0 radical (unpaired) electrons. The third kappa shape index (κ3) is 4.17. The molecule has 1 amide bonds. The molecular formula is C24H24N2O2. The molecule has 0 unspecified atom stereocenters. The van der Waals surface area contributed by atoms with Gasteiger partial charge in [-0.1, -0.05) is 42.5 Å². The molecule has 28 heavy (non-hydrogen) atoms. The summed E-state index contributed by atoms with van der Waals surface area (Å²) >= 11 is 0. The molecule has 1 fully saturated rings. The highest BCUT2D eigenvalue weighted by molar-refractivity contribution is 5.94. The normalized spacial score (nSPS) is 14.1. The van der Waals surface area contributed by atoms with Crippen LogP contribution >= 0.6 is 0 Å². The van der Waals surface area contributed by atoms with Gasteiger partial charge >= 0.3 is 0 Å². The lowest BCUT2D eigenvalue weighted by Gasteiger charge is -2.36. The van der Waals surface area contributed by atoms with Crippen molar-refractivity contribution in [2.45, 2.75) is 6.42 Å². The summed E-state index contributed by atoms with van der Waals surface area (Å²) in [4.78, 5) is 16.8. The number of anilines is 1. The number of carbonyl (C=O) groups excluding carboxylic acids is 1. The molecule has 0 aromatic heterocycles. The van der Waals surface area contributed by atoms with Crippen LogP contribution in [0.5, 0.6) is 5.75 Å². The minimum Gasteiger partial charge on any atom is -0.508 e. The second kappa shape index (κ2) is 8.17. The summed E-state index contributed by atoms with van der Waals surface area (Å²) in [5.74, 6) is 0.204. The first-order chi connectivity index (χ1) is 13.7. The number of carbonyl (C=O) groups is 1. The van der Waals surface area contributed by atoms with Crippen molar-refractivity contribution in [1.29, 1.82) is 0 Å². The lowest BCUT2D eigenvalue weighted by Crippen LogP contribution is -2.48. The average molecular weight is 372 g/mol. The summed E-state index contributed by atoms with van der Waals surface area (Å²) in [5.41, 5.74) is 4.44. The van der Waals surface area contributed by atoms with E-state index in [1.807, 2.05) is 11.0 Å². The van der Waals surface area contributed by atoms with E-state index >= 15 is 0 Å². The molecule has 4 nitrogen and oxygen atoms in total. The van der Waals surface area contributed by atoms with E-state index in [2.05, 4.69) is 53.4 Å². The minimum atomic E-state index is 0.0258. The van der Waals surface area contributed by atoms with Crippen LogP contribution in [0.15, 0.2) is 78.9 Å².